The zero-order valence-electron chi connectivity index (χ0n) is 9.93. The maximum absolute atomic E-state index is 13.8. The summed E-state index contributed by atoms with van der Waals surface area (Å²) in [6.07, 6.45) is 2.30. The summed E-state index contributed by atoms with van der Waals surface area (Å²) in [5.41, 5.74) is 0.273. The first-order valence-corrected chi connectivity index (χ1v) is 7.06. The van der Waals surface area contributed by atoms with Gasteiger partial charge in [0.1, 0.15) is 11.6 Å². The predicted octanol–water partition coefficient (Wildman–Crippen LogP) is 3.23. The fourth-order valence-electron chi connectivity index (χ4n) is 2.96. The molecule has 1 unspecified atom stereocenters. The number of nitrogens with one attached hydrogen (secondary N) is 1. The SMILES string of the molecule is Fc1cc(NC2CN3CCC2CC3)c(F)cc1Br. The number of halogens is 3. The molecule has 0 spiro atoms. The maximum atomic E-state index is 13.8. The van der Waals surface area contributed by atoms with Gasteiger partial charge in [0.05, 0.1) is 10.2 Å². The van der Waals surface area contributed by atoms with Crippen LogP contribution in [0, 0.1) is 17.6 Å². The second-order valence-corrected chi connectivity index (χ2v) is 5.99. The lowest BCUT2D eigenvalue weighted by Crippen LogP contribution is -2.53. The van der Waals surface area contributed by atoms with Gasteiger partial charge < -0.3 is 10.2 Å². The van der Waals surface area contributed by atoms with E-state index in [1.54, 1.807) is 0 Å². The van der Waals surface area contributed by atoms with E-state index in [2.05, 4.69) is 26.1 Å². The monoisotopic (exact) mass is 316 g/mol. The lowest BCUT2D eigenvalue weighted by Gasteiger charge is -2.45. The molecule has 98 valence electrons. The van der Waals surface area contributed by atoms with E-state index in [0.717, 1.165) is 32.5 Å². The average molecular weight is 317 g/mol. The molecule has 4 rings (SSSR count). The Labute approximate surface area is 113 Å². The molecule has 1 N–H and O–H groups in total. The zero-order valence-corrected chi connectivity index (χ0v) is 11.5. The van der Waals surface area contributed by atoms with Crippen molar-refractivity contribution >= 4 is 21.6 Å². The van der Waals surface area contributed by atoms with Gasteiger partial charge in [-0.25, -0.2) is 8.78 Å². The van der Waals surface area contributed by atoms with Crippen molar-refractivity contribution in [3.63, 3.8) is 0 Å². The molecule has 18 heavy (non-hydrogen) atoms. The zero-order chi connectivity index (χ0) is 12.7. The highest BCUT2D eigenvalue weighted by Crippen LogP contribution is 2.31. The highest BCUT2D eigenvalue weighted by atomic mass is 79.9. The van der Waals surface area contributed by atoms with Crippen LogP contribution in [0.25, 0.3) is 0 Å². The Balaban J connectivity index is 1.78. The minimum Gasteiger partial charge on any atom is -0.378 e. The second-order valence-electron chi connectivity index (χ2n) is 5.14. The fraction of sp³-hybridized carbons (Fsp3) is 0.538. The van der Waals surface area contributed by atoms with Gasteiger partial charge in [-0.3, -0.25) is 0 Å². The first-order valence-electron chi connectivity index (χ1n) is 6.27. The first-order chi connectivity index (χ1) is 8.63. The van der Waals surface area contributed by atoms with Gasteiger partial charge in [0.2, 0.25) is 0 Å². The van der Waals surface area contributed by atoms with Crippen molar-refractivity contribution in [2.45, 2.75) is 18.9 Å². The molecule has 3 fully saturated rings. The molecule has 0 radical (unpaired) electrons. The van der Waals surface area contributed by atoms with E-state index in [1.807, 2.05) is 0 Å². The first kappa shape index (κ1) is 12.4. The van der Waals surface area contributed by atoms with E-state index >= 15 is 0 Å². The maximum Gasteiger partial charge on any atom is 0.147 e. The Kier molecular flexibility index (Phi) is 3.28. The number of rotatable bonds is 2. The topological polar surface area (TPSA) is 15.3 Å². The summed E-state index contributed by atoms with van der Waals surface area (Å²) in [6, 6.07) is 2.65. The Morgan fingerprint density at radius 3 is 2.50 bits per heavy atom. The fourth-order valence-corrected chi connectivity index (χ4v) is 3.28. The molecule has 3 heterocycles. The van der Waals surface area contributed by atoms with Crippen LogP contribution in [0.2, 0.25) is 0 Å². The van der Waals surface area contributed by atoms with Gasteiger partial charge in [0, 0.05) is 18.7 Å². The molecule has 3 saturated heterocycles. The van der Waals surface area contributed by atoms with Crippen LogP contribution in [0.3, 0.4) is 0 Å². The molecule has 0 aliphatic carbocycles. The van der Waals surface area contributed by atoms with Crippen LogP contribution in [-0.4, -0.2) is 30.6 Å². The van der Waals surface area contributed by atoms with E-state index in [1.165, 1.54) is 12.1 Å². The summed E-state index contributed by atoms with van der Waals surface area (Å²) in [7, 11) is 0. The van der Waals surface area contributed by atoms with Crippen LogP contribution in [0.4, 0.5) is 14.5 Å². The molecule has 1 aromatic carbocycles. The Morgan fingerprint density at radius 2 is 1.89 bits per heavy atom. The highest BCUT2D eigenvalue weighted by molar-refractivity contribution is 9.10. The summed E-state index contributed by atoms with van der Waals surface area (Å²) in [5.74, 6) is -0.249. The summed E-state index contributed by atoms with van der Waals surface area (Å²) in [5, 5.41) is 3.17. The van der Waals surface area contributed by atoms with E-state index in [4.69, 9.17) is 0 Å². The molecule has 1 aromatic rings. The molecule has 2 nitrogen and oxygen atoms in total. The minimum atomic E-state index is -0.430. The summed E-state index contributed by atoms with van der Waals surface area (Å²) >= 11 is 2.99. The largest absolute Gasteiger partial charge is 0.378 e. The molecule has 0 amide bonds. The molecular weight excluding hydrogens is 302 g/mol. The van der Waals surface area contributed by atoms with Crippen LogP contribution in [0.1, 0.15) is 12.8 Å². The van der Waals surface area contributed by atoms with Crippen LogP contribution in [0.15, 0.2) is 16.6 Å². The number of nitrogens with zero attached hydrogens (tertiary/aromatic N) is 1. The van der Waals surface area contributed by atoms with Crippen molar-refractivity contribution in [1.82, 2.24) is 4.90 Å². The van der Waals surface area contributed by atoms with Crippen LogP contribution in [0.5, 0.6) is 0 Å². The van der Waals surface area contributed by atoms with E-state index in [0.29, 0.717) is 5.92 Å². The number of hydrogen-bond donors (Lipinski definition) is 1. The Hall–Kier alpha value is -0.680. The van der Waals surface area contributed by atoms with Crippen molar-refractivity contribution in [2.24, 2.45) is 5.92 Å². The summed E-state index contributed by atoms with van der Waals surface area (Å²) in [4.78, 5) is 2.38. The lowest BCUT2D eigenvalue weighted by atomic mass is 9.84. The van der Waals surface area contributed by atoms with Crippen molar-refractivity contribution in [3.8, 4) is 0 Å². The van der Waals surface area contributed by atoms with Gasteiger partial charge in [-0.2, -0.15) is 0 Å². The number of hydrogen-bond acceptors (Lipinski definition) is 2. The van der Waals surface area contributed by atoms with Gasteiger partial charge in [0.15, 0.2) is 0 Å². The third kappa shape index (κ3) is 2.26. The molecule has 3 aliphatic heterocycles. The van der Waals surface area contributed by atoms with Crippen molar-refractivity contribution in [3.05, 3.63) is 28.2 Å². The van der Waals surface area contributed by atoms with Crippen molar-refractivity contribution < 1.29 is 8.78 Å². The Bertz CT molecular complexity index is 459. The lowest BCUT2D eigenvalue weighted by molar-refractivity contribution is 0.0974. The molecule has 1 atom stereocenters. The van der Waals surface area contributed by atoms with E-state index in [9.17, 15) is 8.78 Å². The van der Waals surface area contributed by atoms with Crippen LogP contribution < -0.4 is 5.32 Å². The quantitative estimate of drug-likeness (QED) is 0.843. The van der Waals surface area contributed by atoms with Crippen LogP contribution >= 0.6 is 15.9 Å². The second kappa shape index (κ2) is 4.78. The normalized spacial score (nSPS) is 30.5. The van der Waals surface area contributed by atoms with E-state index in [-0.39, 0.29) is 16.2 Å². The van der Waals surface area contributed by atoms with Gasteiger partial charge in [-0.15, -0.1) is 0 Å². The van der Waals surface area contributed by atoms with Gasteiger partial charge in [-0.1, -0.05) is 0 Å². The number of benzene rings is 1. The molecule has 3 aliphatic rings. The predicted molar refractivity (Wildman–Crippen MR) is 70.6 cm³/mol. The molecular formula is C13H15BrF2N2. The molecule has 2 bridgehead atoms. The standard InChI is InChI=1S/C13H15BrF2N2/c14-9-5-11(16)12(6-10(9)15)17-13-7-18-3-1-8(13)2-4-18/h5-6,8,13,17H,1-4,7H2. The number of fused-ring (bicyclic) bond motifs is 3. The van der Waals surface area contributed by atoms with Gasteiger partial charge >= 0.3 is 0 Å². The summed E-state index contributed by atoms with van der Waals surface area (Å²) in [6.45, 7) is 3.21. The molecule has 5 heteroatoms. The Morgan fingerprint density at radius 1 is 1.17 bits per heavy atom. The average Bonchev–Trinajstić information content (AvgIpc) is 2.37. The minimum absolute atomic E-state index is 0.166. The third-order valence-corrected chi connectivity index (χ3v) is 4.61. The van der Waals surface area contributed by atoms with E-state index < -0.39 is 11.6 Å². The number of anilines is 1. The van der Waals surface area contributed by atoms with Crippen LogP contribution in [-0.2, 0) is 0 Å². The molecule has 0 saturated carbocycles. The smallest absolute Gasteiger partial charge is 0.147 e. The number of piperidine rings is 3. The van der Waals surface area contributed by atoms with Crippen molar-refractivity contribution in [2.75, 3.05) is 25.0 Å². The summed E-state index contributed by atoms with van der Waals surface area (Å²) < 4.78 is 27.4. The van der Waals surface area contributed by atoms with Gasteiger partial charge in [-0.05, 0) is 53.8 Å². The third-order valence-electron chi connectivity index (χ3n) is 4.01. The van der Waals surface area contributed by atoms with Crippen molar-refractivity contribution in [1.29, 1.82) is 0 Å². The van der Waals surface area contributed by atoms with Gasteiger partial charge in [0.25, 0.3) is 0 Å². The molecule has 0 aromatic heterocycles. The highest BCUT2D eigenvalue weighted by Gasteiger charge is 2.34.